The lowest BCUT2D eigenvalue weighted by Crippen LogP contribution is -2.12. The summed E-state index contributed by atoms with van der Waals surface area (Å²) in [5.41, 5.74) is 2.78. The van der Waals surface area contributed by atoms with Crippen LogP contribution in [0.4, 0.5) is 0 Å². The fourth-order valence-corrected chi connectivity index (χ4v) is 2.37. The first-order valence-electron chi connectivity index (χ1n) is 7.19. The molecule has 0 aliphatic rings. The second-order valence-electron chi connectivity index (χ2n) is 5.47. The first-order valence-corrected chi connectivity index (χ1v) is 7.19. The number of carbonyl (C=O) groups excluding carboxylic acids is 1. The van der Waals surface area contributed by atoms with Gasteiger partial charge in [0.1, 0.15) is 0 Å². The van der Waals surface area contributed by atoms with Crippen LogP contribution in [0.15, 0.2) is 54.6 Å². The predicted molar refractivity (Wildman–Crippen MR) is 84.3 cm³/mol. The summed E-state index contributed by atoms with van der Waals surface area (Å²) in [5, 5.41) is 9.01. The van der Waals surface area contributed by atoms with E-state index in [9.17, 15) is 4.79 Å². The van der Waals surface area contributed by atoms with Gasteiger partial charge in [-0.05, 0) is 17.0 Å². The molecule has 21 heavy (non-hydrogen) atoms. The molecule has 0 amide bonds. The summed E-state index contributed by atoms with van der Waals surface area (Å²) in [4.78, 5) is 12.7. The van der Waals surface area contributed by atoms with Gasteiger partial charge in [0.2, 0.25) is 0 Å². The van der Waals surface area contributed by atoms with E-state index in [0.29, 0.717) is 11.5 Å². The molecule has 0 aliphatic heterocycles. The Balaban J connectivity index is 2.29. The van der Waals surface area contributed by atoms with E-state index >= 15 is 0 Å². The van der Waals surface area contributed by atoms with Gasteiger partial charge in [0.05, 0.1) is 12.0 Å². The lowest BCUT2D eigenvalue weighted by atomic mass is 9.88. The van der Waals surface area contributed by atoms with Crippen molar-refractivity contribution in [2.45, 2.75) is 32.1 Å². The molecule has 0 bridgehead atoms. The zero-order chi connectivity index (χ0) is 15.2. The number of hydrogen-bond acceptors (Lipinski definition) is 2. The average Bonchev–Trinajstić information content (AvgIpc) is 2.53. The van der Waals surface area contributed by atoms with E-state index in [2.05, 4.69) is 19.9 Å². The maximum absolute atomic E-state index is 12.7. The topological polar surface area (TPSA) is 40.9 Å². The Bertz CT molecular complexity index is 636. The van der Waals surface area contributed by atoms with Crippen LogP contribution in [-0.2, 0) is 0 Å². The Hall–Kier alpha value is -2.40. The summed E-state index contributed by atoms with van der Waals surface area (Å²) in [7, 11) is 0. The fraction of sp³-hybridized carbons (Fsp3) is 0.263. The first kappa shape index (κ1) is 15.0. The summed E-state index contributed by atoms with van der Waals surface area (Å²) in [6.45, 7) is 4.25. The normalized spacial score (nSPS) is 11.9. The second-order valence-corrected chi connectivity index (χ2v) is 5.47. The van der Waals surface area contributed by atoms with Crippen LogP contribution in [0.3, 0.4) is 0 Å². The quantitative estimate of drug-likeness (QED) is 0.744. The smallest absolute Gasteiger partial charge is 0.171 e. The van der Waals surface area contributed by atoms with Crippen LogP contribution in [0.2, 0.25) is 0 Å². The number of nitrogens with zero attached hydrogens (tertiary/aromatic N) is 1. The van der Waals surface area contributed by atoms with Crippen molar-refractivity contribution >= 4 is 5.78 Å². The highest BCUT2D eigenvalue weighted by Gasteiger charge is 2.21. The van der Waals surface area contributed by atoms with Crippen molar-refractivity contribution in [2.24, 2.45) is 0 Å². The van der Waals surface area contributed by atoms with Gasteiger partial charge in [0, 0.05) is 12.0 Å². The van der Waals surface area contributed by atoms with Crippen molar-refractivity contribution in [3.05, 3.63) is 71.3 Å². The molecule has 2 heteroatoms. The van der Waals surface area contributed by atoms with Crippen molar-refractivity contribution in [3.63, 3.8) is 0 Å². The highest BCUT2D eigenvalue weighted by Crippen LogP contribution is 2.25. The Labute approximate surface area is 126 Å². The van der Waals surface area contributed by atoms with E-state index in [1.807, 2.05) is 54.6 Å². The molecule has 1 atom stereocenters. The Morgan fingerprint density at radius 1 is 1.00 bits per heavy atom. The minimum Gasteiger partial charge on any atom is -0.293 e. The number of benzene rings is 2. The van der Waals surface area contributed by atoms with Gasteiger partial charge in [0.25, 0.3) is 0 Å². The third-order valence-electron chi connectivity index (χ3n) is 3.68. The minimum absolute atomic E-state index is 0.0121. The minimum atomic E-state index is -0.388. The van der Waals surface area contributed by atoms with Gasteiger partial charge in [-0.3, -0.25) is 4.79 Å². The number of hydrogen-bond donors (Lipinski definition) is 0. The molecule has 2 aromatic carbocycles. The van der Waals surface area contributed by atoms with Gasteiger partial charge >= 0.3 is 0 Å². The monoisotopic (exact) mass is 277 g/mol. The molecule has 2 nitrogen and oxygen atoms in total. The zero-order valence-electron chi connectivity index (χ0n) is 12.4. The fourth-order valence-electron chi connectivity index (χ4n) is 2.37. The van der Waals surface area contributed by atoms with Crippen LogP contribution in [0.25, 0.3) is 0 Å². The molecule has 0 N–H and O–H groups in total. The molecule has 0 saturated heterocycles. The molecule has 0 fully saturated rings. The molecule has 106 valence electrons. The van der Waals surface area contributed by atoms with Gasteiger partial charge < -0.3 is 0 Å². The van der Waals surface area contributed by atoms with Gasteiger partial charge in [0.15, 0.2) is 5.78 Å². The van der Waals surface area contributed by atoms with E-state index in [-0.39, 0.29) is 18.1 Å². The Morgan fingerprint density at radius 2 is 1.62 bits per heavy atom. The molecular formula is C19H19NO. The molecule has 0 saturated carbocycles. The molecule has 0 heterocycles. The van der Waals surface area contributed by atoms with Crippen LogP contribution >= 0.6 is 0 Å². The molecule has 0 aromatic heterocycles. The highest BCUT2D eigenvalue weighted by molar-refractivity contribution is 6.01. The number of nitriles is 1. The molecule has 2 rings (SSSR count). The van der Waals surface area contributed by atoms with E-state index in [0.717, 1.165) is 5.56 Å². The summed E-state index contributed by atoms with van der Waals surface area (Å²) in [6.07, 6.45) is 0.203. The number of ketones is 1. The number of carbonyl (C=O) groups is 1. The summed E-state index contributed by atoms with van der Waals surface area (Å²) in [5.74, 6) is 0.0670. The molecule has 0 radical (unpaired) electrons. The van der Waals surface area contributed by atoms with Crippen molar-refractivity contribution in [1.82, 2.24) is 0 Å². The van der Waals surface area contributed by atoms with Gasteiger partial charge in [-0.25, -0.2) is 0 Å². The maximum Gasteiger partial charge on any atom is 0.171 e. The molecule has 0 aliphatic carbocycles. The molecule has 2 aromatic rings. The lowest BCUT2D eigenvalue weighted by molar-refractivity contribution is 0.0960. The van der Waals surface area contributed by atoms with Crippen LogP contribution in [0, 0.1) is 11.3 Å². The van der Waals surface area contributed by atoms with Crippen LogP contribution < -0.4 is 0 Å². The van der Waals surface area contributed by atoms with Crippen molar-refractivity contribution in [1.29, 1.82) is 5.26 Å². The predicted octanol–water partition coefficient (Wildman–Crippen LogP) is 4.69. The summed E-state index contributed by atoms with van der Waals surface area (Å²) >= 11 is 0. The van der Waals surface area contributed by atoms with E-state index in [4.69, 9.17) is 5.26 Å². The van der Waals surface area contributed by atoms with E-state index < -0.39 is 0 Å². The largest absolute Gasteiger partial charge is 0.293 e. The van der Waals surface area contributed by atoms with Crippen LogP contribution in [0.5, 0.6) is 0 Å². The number of Topliss-reactive ketones (excluding diaryl/α,β-unsaturated/α-hetero) is 1. The maximum atomic E-state index is 12.7. The van der Waals surface area contributed by atoms with Crippen molar-refractivity contribution in [3.8, 4) is 6.07 Å². The SMILES string of the molecule is CC(C)c1ccc(C(=O)C(CC#N)c2ccccc2)cc1. The van der Waals surface area contributed by atoms with Crippen molar-refractivity contribution < 1.29 is 4.79 Å². The summed E-state index contributed by atoms with van der Waals surface area (Å²) in [6, 6.07) is 19.4. The van der Waals surface area contributed by atoms with E-state index in [1.165, 1.54) is 5.56 Å². The Kier molecular flexibility index (Phi) is 4.90. The zero-order valence-corrected chi connectivity index (χ0v) is 12.4. The van der Waals surface area contributed by atoms with Crippen molar-refractivity contribution in [2.75, 3.05) is 0 Å². The first-order chi connectivity index (χ1) is 10.1. The molecular weight excluding hydrogens is 258 g/mol. The van der Waals surface area contributed by atoms with Crippen LogP contribution in [0.1, 0.15) is 53.6 Å². The van der Waals surface area contributed by atoms with Gasteiger partial charge in [-0.1, -0.05) is 68.4 Å². The Morgan fingerprint density at radius 3 is 2.14 bits per heavy atom. The standard InChI is InChI=1S/C19H19NO/c1-14(2)15-8-10-17(11-9-15)19(21)18(12-13-20)16-6-4-3-5-7-16/h3-11,14,18H,12H2,1-2H3. The number of rotatable bonds is 5. The van der Waals surface area contributed by atoms with Gasteiger partial charge in [-0.2, -0.15) is 5.26 Å². The summed E-state index contributed by atoms with van der Waals surface area (Å²) < 4.78 is 0. The van der Waals surface area contributed by atoms with Gasteiger partial charge in [-0.15, -0.1) is 0 Å². The van der Waals surface area contributed by atoms with E-state index in [1.54, 1.807) is 0 Å². The van der Waals surface area contributed by atoms with Crippen LogP contribution in [-0.4, -0.2) is 5.78 Å². The molecule has 1 unspecified atom stereocenters. The highest BCUT2D eigenvalue weighted by atomic mass is 16.1. The molecule has 0 spiro atoms. The third kappa shape index (κ3) is 3.58. The third-order valence-corrected chi connectivity index (χ3v) is 3.68. The average molecular weight is 277 g/mol. The second kappa shape index (κ2) is 6.85. The lowest BCUT2D eigenvalue weighted by Gasteiger charge is -2.14.